The molecule has 0 bridgehead atoms. The summed E-state index contributed by atoms with van der Waals surface area (Å²) in [4.78, 5) is 14.7. The van der Waals surface area contributed by atoms with Gasteiger partial charge in [0.15, 0.2) is 0 Å². The van der Waals surface area contributed by atoms with Crippen molar-refractivity contribution in [3.8, 4) is 6.07 Å². The third-order valence-electron chi connectivity index (χ3n) is 2.79. The van der Waals surface area contributed by atoms with Crippen LogP contribution in [-0.2, 0) is 11.2 Å². The molecule has 1 heterocycles. The molecule has 0 saturated heterocycles. The number of nitrogens with one attached hydrogen (secondary N) is 2. The number of rotatable bonds is 4. The molecule has 5 heteroatoms. The number of H-pyrrole nitrogens is 1. The number of hydrogen-bond acceptors (Lipinski definition) is 3. The van der Waals surface area contributed by atoms with Crippen LogP contribution in [0.2, 0.25) is 0 Å². The molecule has 18 heavy (non-hydrogen) atoms. The van der Waals surface area contributed by atoms with Gasteiger partial charge in [-0.05, 0) is 18.1 Å². The Hall–Kier alpha value is -2.32. The summed E-state index contributed by atoms with van der Waals surface area (Å²) >= 11 is 0. The molecule has 0 aliphatic carbocycles. The van der Waals surface area contributed by atoms with Gasteiger partial charge in [-0.2, -0.15) is 5.26 Å². The van der Waals surface area contributed by atoms with Crippen molar-refractivity contribution in [2.45, 2.75) is 12.5 Å². The number of aromatic amines is 1. The molecule has 4 N–H and O–H groups in total. The second-order valence-electron chi connectivity index (χ2n) is 4.05. The fraction of sp³-hybridized carbons (Fsp3) is 0.231. The first-order valence-electron chi connectivity index (χ1n) is 5.67. The van der Waals surface area contributed by atoms with Crippen LogP contribution < -0.4 is 11.1 Å². The Bertz CT molecular complexity index is 596. The molecule has 2 aromatic rings. The van der Waals surface area contributed by atoms with Crippen LogP contribution >= 0.6 is 0 Å². The molecule has 1 aromatic heterocycles. The summed E-state index contributed by atoms with van der Waals surface area (Å²) in [6.07, 6.45) is 2.31. The molecule has 0 spiro atoms. The quantitative estimate of drug-likeness (QED) is 0.688. The van der Waals surface area contributed by atoms with Crippen molar-refractivity contribution in [1.82, 2.24) is 10.3 Å². The second-order valence-corrected chi connectivity index (χ2v) is 4.05. The Kier molecular flexibility index (Phi) is 3.60. The monoisotopic (exact) mass is 242 g/mol. The number of amides is 1. The van der Waals surface area contributed by atoms with Crippen LogP contribution in [0, 0.1) is 11.3 Å². The highest BCUT2D eigenvalue weighted by atomic mass is 16.2. The van der Waals surface area contributed by atoms with Gasteiger partial charge in [0.2, 0.25) is 5.91 Å². The molecule has 92 valence electrons. The van der Waals surface area contributed by atoms with E-state index in [1.54, 1.807) is 0 Å². The minimum atomic E-state index is -0.641. The van der Waals surface area contributed by atoms with Gasteiger partial charge in [-0.3, -0.25) is 4.79 Å². The number of para-hydroxylation sites is 1. The maximum absolute atomic E-state index is 11.6. The molecular formula is C13H14N4O. The highest BCUT2D eigenvalue weighted by molar-refractivity contribution is 5.86. The molecule has 2 rings (SSSR count). The Morgan fingerprint density at radius 1 is 1.50 bits per heavy atom. The number of carbonyl (C=O) groups is 1. The van der Waals surface area contributed by atoms with Crippen LogP contribution in [0.15, 0.2) is 30.5 Å². The van der Waals surface area contributed by atoms with Gasteiger partial charge >= 0.3 is 0 Å². The minimum absolute atomic E-state index is 0.0135. The zero-order chi connectivity index (χ0) is 13.0. The van der Waals surface area contributed by atoms with E-state index in [9.17, 15) is 4.79 Å². The zero-order valence-corrected chi connectivity index (χ0v) is 9.81. The van der Waals surface area contributed by atoms with Crippen LogP contribution in [0.4, 0.5) is 0 Å². The maximum Gasteiger partial charge on any atom is 0.238 e. The lowest BCUT2D eigenvalue weighted by Gasteiger charge is -2.09. The topological polar surface area (TPSA) is 94.7 Å². The molecule has 0 fully saturated rings. The first-order chi connectivity index (χ1) is 8.72. The number of nitrogens with two attached hydrogens (primary N) is 1. The molecular weight excluding hydrogens is 228 g/mol. The van der Waals surface area contributed by atoms with Gasteiger partial charge in [-0.1, -0.05) is 18.2 Å². The Morgan fingerprint density at radius 2 is 2.28 bits per heavy atom. The summed E-state index contributed by atoms with van der Waals surface area (Å²) in [5.41, 5.74) is 7.83. The molecule has 1 aromatic carbocycles. The van der Waals surface area contributed by atoms with Gasteiger partial charge in [0, 0.05) is 17.1 Å². The largest absolute Gasteiger partial charge is 0.361 e. The fourth-order valence-electron chi connectivity index (χ4n) is 1.89. The lowest BCUT2D eigenvalue weighted by molar-refractivity contribution is -0.122. The van der Waals surface area contributed by atoms with Crippen molar-refractivity contribution < 1.29 is 4.79 Å². The Morgan fingerprint density at radius 3 is 3.06 bits per heavy atom. The van der Waals surface area contributed by atoms with Gasteiger partial charge in [0.25, 0.3) is 0 Å². The highest BCUT2D eigenvalue weighted by Crippen LogP contribution is 2.18. The van der Waals surface area contributed by atoms with E-state index in [2.05, 4.69) is 10.3 Å². The Balaban J connectivity index is 2.09. The van der Waals surface area contributed by atoms with Gasteiger partial charge in [-0.15, -0.1) is 0 Å². The first kappa shape index (κ1) is 12.1. The van der Waals surface area contributed by atoms with Crippen molar-refractivity contribution >= 4 is 16.8 Å². The van der Waals surface area contributed by atoms with Crippen molar-refractivity contribution in [2.24, 2.45) is 5.73 Å². The maximum atomic E-state index is 11.6. The van der Waals surface area contributed by atoms with Gasteiger partial charge < -0.3 is 16.0 Å². The zero-order valence-electron chi connectivity index (χ0n) is 9.81. The van der Waals surface area contributed by atoms with E-state index in [1.807, 2.05) is 36.5 Å². The third-order valence-corrected chi connectivity index (χ3v) is 2.79. The summed E-state index contributed by atoms with van der Waals surface area (Å²) in [5, 5.41) is 11.9. The molecule has 0 radical (unpaired) electrons. The van der Waals surface area contributed by atoms with E-state index < -0.39 is 6.04 Å². The number of nitriles is 1. The lowest BCUT2D eigenvalue weighted by Crippen LogP contribution is -2.42. The molecule has 0 aliphatic rings. The molecule has 0 aliphatic heterocycles. The van der Waals surface area contributed by atoms with Crippen LogP contribution in [-0.4, -0.2) is 23.5 Å². The van der Waals surface area contributed by atoms with E-state index in [0.29, 0.717) is 6.42 Å². The smallest absolute Gasteiger partial charge is 0.238 e. The SMILES string of the molecule is N#CCNC(=O)[C@H](N)Cc1c[nH]c2ccccc12. The lowest BCUT2D eigenvalue weighted by atomic mass is 10.1. The van der Waals surface area contributed by atoms with Gasteiger partial charge in [0.1, 0.15) is 6.54 Å². The first-order valence-corrected chi connectivity index (χ1v) is 5.67. The summed E-state index contributed by atoms with van der Waals surface area (Å²) in [5.74, 6) is -0.304. The average Bonchev–Trinajstić information content (AvgIpc) is 2.79. The van der Waals surface area contributed by atoms with E-state index in [1.165, 1.54) is 0 Å². The molecule has 0 saturated carbocycles. The van der Waals surface area contributed by atoms with Crippen LogP contribution in [0.25, 0.3) is 10.9 Å². The van der Waals surface area contributed by atoms with Crippen molar-refractivity contribution in [2.75, 3.05) is 6.54 Å². The van der Waals surface area contributed by atoms with Crippen molar-refractivity contribution in [3.05, 3.63) is 36.0 Å². The van der Waals surface area contributed by atoms with Gasteiger partial charge in [-0.25, -0.2) is 0 Å². The molecule has 5 nitrogen and oxygen atoms in total. The Labute approximate surface area is 105 Å². The molecule has 0 unspecified atom stereocenters. The van der Waals surface area contributed by atoms with E-state index in [0.717, 1.165) is 16.5 Å². The molecule has 1 amide bonds. The normalized spacial score (nSPS) is 12.0. The number of benzene rings is 1. The average molecular weight is 242 g/mol. The van der Waals surface area contributed by atoms with Crippen molar-refractivity contribution in [1.29, 1.82) is 5.26 Å². The predicted molar refractivity (Wildman–Crippen MR) is 68.6 cm³/mol. The molecule has 1 atom stereocenters. The standard InChI is InChI=1S/C13H14N4O/c14-5-6-16-13(18)11(15)7-9-8-17-12-4-2-1-3-10(9)12/h1-4,8,11,17H,6-7,15H2,(H,16,18)/t11-/m1/s1. The summed E-state index contributed by atoms with van der Waals surface area (Å²) in [7, 11) is 0. The number of fused-ring (bicyclic) bond motifs is 1. The summed E-state index contributed by atoms with van der Waals surface area (Å²) < 4.78 is 0. The minimum Gasteiger partial charge on any atom is -0.361 e. The van der Waals surface area contributed by atoms with Crippen LogP contribution in [0.1, 0.15) is 5.56 Å². The third kappa shape index (κ3) is 2.50. The van der Waals surface area contributed by atoms with E-state index in [-0.39, 0.29) is 12.5 Å². The van der Waals surface area contributed by atoms with Crippen LogP contribution in [0.5, 0.6) is 0 Å². The van der Waals surface area contributed by atoms with E-state index >= 15 is 0 Å². The van der Waals surface area contributed by atoms with Crippen molar-refractivity contribution in [3.63, 3.8) is 0 Å². The van der Waals surface area contributed by atoms with E-state index in [4.69, 9.17) is 11.0 Å². The number of carbonyl (C=O) groups excluding carboxylic acids is 1. The summed E-state index contributed by atoms with van der Waals surface area (Å²) in [6.45, 7) is -0.0135. The van der Waals surface area contributed by atoms with Gasteiger partial charge in [0.05, 0.1) is 12.1 Å². The summed E-state index contributed by atoms with van der Waals surface area (Å²) in [6, 6.07) is 9.06. The fourth-order valence-corrected chi connectivity index (χ4v) is 1.89. The number of aromatic nitrogens is 1. The predicted octanol–water partition coefficient (Wildman–Crippen LogP) is 0.677. The van der Waals surface area contributed by atoms with Crippen LogP contribution in [0.3, 0.4) is 0 Å². The number of hydrogen-bond donors (Lipinski definition) is 3. The number of nitrogens with zero attached hydrogens (tertiary/aromatic N) is 1. The second kappa shape index (κ2) is 5.34. The highest BCUT2D eigenvalue weighted by Gasteiger charge is 2.15.